The monoisotopic (exact) mass is 214 g/mol. The van der Waals surface area contributed by atoms with Crippen molar-refractivity contribution in [1.82, 2.24) is 0 Å². The van der Waals surface area contributed by atoms with Crippen LogP contribution in [0.1, 0.15) is 11.5 Å². The van der Waals surface area contributed by atoms with E-state index in [-0.39, 0.29) is 6.42 Å². The van der Waals surface area contributed by atoms with E-state index in [1.165, 1.54) is 7.11 Å². The number of hydrogen-bond donors (Lipinski definition) is 1. The maximum Gasteiger partial charge on any atom is 0.333 e. The Kier molecular flexibility index (Phi) is 4.33. The maximum absolute atomic E-state index is 10.7. The average molecular weight is 214 g/mol. The Labute approximate surface area is 87.6 Å². The summed E-state index contributed by atoms with van der Waals surface area (Å²) in [5.41, 5.74) is 0. The van der Waals surface area contributed by atoms with Gasteiger partial charge in [0.25, 0.3) is 0 Å². The summed E-state index contributed by atoms with van der Waals surface area (Å²) in [6, 6.07) is 3.48. The fourth-order valence-corrected chi connectivity index (χ4v) is 1.21. The van der Waals surface area contributed by atoms with E-state index >= 15 is 0 Å². The first-order chi connectivity index (χ1) is 7.17. The zero-order valence-corrected chi connectivity index (χ0v) is 8.73. The molecule has 15 heavy (non-hydrogen) atoms. The van der Waals surface area contributed by atoms with Crippen molar-refractivity contribution in [2.45, 2.75) is 19.1 Å². The molecule has 1 aromatic heterocycles. The molecular formula is C10H14O5. The summed E-state index contributed by atoms with van der Waals surface area (Å²) in [5, 5.41) is 8.75. The van der Waals surface area contributed by atoms with Gasteiger partial charge in [-0.2, -0.15) is 0 Å². The van der Waals surface area contributed by atoms with E-state index in [1.807, 2.05) is 0 Å². The third-order valence-corrected chi connectivity index (χ3v) is 1.95. The Hall–Kier alpha value is -1.33. The van der Waals surface area contributed by atoms with Crippen molar-refractivity contribution in [3.63, 3.8) is 0 Å². The number of methoxy groups -OCH3 is 2. The summed E-state index contributed by atoms with van der Waals surface area (Å²) < 4.78 is 15.0. The molecule has 0 spiro atoms. The molecular weight excluding hydrogens is 200 g/mol. The van der Waals surface area contributed by atoms with Gasteiger partial charge in [0.1, 0.15) is 18.1 Å². The van der Waals surface area contributed by atoms with Crippen molar-refractivity contribution >= 4 is 5.97 Å². The van der Waals surface area contributed by atoms with Crippen LogP contribution < -0.4 is 0 Å². The SMILES string of the molecule is COCc1ccc(CC(OC)C(=O)O)o1. The van der Waals surface area contributed by atoms with E-state index in [0.717, 1.165) is 0 Å². The van der Waals surface area contributed by atoms with Crippen molar-refractivity contribution in [3.05, 3.63) is 23.7 Å². The number of ether oxygens (including phenoxy) is 2. The molecule has 1 aromatic rings. The Morgan fingerprint density at radius 2 is 2.13 bits per heavy atom. The normalized spacial score (nSPS) is 12.7. The molecule has 84 valence electrons. The second-order valence-electron chi connectivity index (χ2n) is 3.07. The quantitative estimate of drug-likeness (QED) is 0.767. The smallest absolute Gasteiger partial charge is 0.333 e. The minimum atomic E-state index is -0.998. The van der Waals surface area contributed by atoms with Crippen LogP contribution in [0.3, 0.4) is 0 Å². The van der Waals surface area contributed by atoms with Crippen molar-refractivity contribution in [2.75, 3.05) is 14.2 Å². The van der Waals surface area contributed by atoms with Gasteiger partial charge in [-0.3, -0.25) is 0 Å². The summed E-state index contributed by atoms with van der Waals surface area (Å²) in [7, 11) is 2.93. The molecule has 5 heteroatoms. The van der Waals surface area contributed by atoms with Gasteiger partial charge in [0.15, 0.2) is 6.10 Å². The minimum Gasteiger partial charge on any atom is -0.479 e. The molecule has 1 unspecified atom stereocenters. The van der Waals surface area contributed by atoms with Gasteiger partial charge >= 0.3 is 5.97 Å². The van der Waals surface area contributed by atoms with Crippen LogP contribution in [-0.4, -0.2) is 31.4 Å². The lowest BCUT2D eigenvalue weighted by atomic mass is 10.2. The molecule has 0 fully saturated rings. The largest absolute Gasteiger partial charge is 0.479 e. The van der Waals surface area contributed by atoms with Crippen molar-refractivity contribution in [2.24, 2.45) is 0 Å². The lowest BCUT2D eigenvalue weighted by molar-refractivity contribution is -0.148. The standard InChI is InChI=1S/C10H14O5/c1-13-6-8-4-3-7(15-8)5-9(14-2)10(11)12/h3-4,9H,5-6H2,1-2H3,(H,11,12). The molecule has 1 heterocycles. The highest BCUT2D eigenvalue weighted by Crippen LogP contribution is 2.12. The van der Waals surface area contributed by atoms with Gasteiger partial charge < -0.3 is 19.0 Å². The Bertz CT molecular complexity index is 317. The second kappa shape index (κ2) is 5.53. The van der Waals surface area contributed by atoms with E-state index in [9.17, 15) is 4.79 Å². The summed E-state index contributed by atoms with van der Waals surface area (Å²) in [6.45, 7) is 0.380. The molecule has 1 N–H and O–H groups in total. The van der Waals surface area contributed by atoms with Crippen LogP contribution >= 0.6 is 0 Å². The molecule has 1 atom stereocenters. The second-order valence-corrected chi connectivity index (χ2v) is 3.07. The van der Waals surface area contributed by atoms with Crippen LogP contribution in [-0.2, 0) is 27.3 Å². The van der Waals surface area contributed by atoms with Crippen molar-refractivity contribution in [1.29, 1.82) is 0 Å². The van der Waals surface area contributed by atoms with Crippen molar-refractivity contribution in [3.8, 4) is 0 Å². The zero-order chi connectivity index (χ0) is 11.3. The lowest BCUT2D eigenvalue weighted by Crippen LogP contribution is -2.24. The molecule has 0 aliphatic rings. The molecule has 0 aliphatic carbocycles. The van der Waals surface area contributed by atoms with Gasteiger partial charge in [0, 0.05) is 20.6 Å². The fourth-order valence-electron chi connectivity index (χ4n) is 1.21. The van der Waals surface area contributed by atoms with Gasteiger partial charge in [-0.15, -0.1) is 0 Å². The maximum atomic E-state index is 10.7. The lowest BCUT2D eigenvalue weighted by Gasteiger charge is -2.07. The zero-order valence-electron chi connectivity index (χ0n) is 8.73. The highest BCUT2D eigenvalue weighted by molar-refractivity contribution is 5.72. The molecule has 0 saturated heterocycles. The Morgan fingerprint density at radius 1 is 1.47 bits per heavy atom. The number of furan rings is 1. The molecule has 1 rings (SSSR count). The van der Waals surface area contributed by atoms with E-state index < -0.39 is 12.1 Å². The van der Waals surface area contributed by atoms with Crippen LogP contribution in [0, 0.1) is 0 Å². The van der Waals surface area contributed by atoms with Gasteiger partial charge in [0.05, 0.1) is 0 Å². The highest BCUT2D eigenvalue weighted by Gasteiger charge is 2.18. The number of carboxylic acid groups (broad SMARTS) is 1. The van der Waals surface area contributed by atoms with E-state index in [2.05, 4.69) is 0 Å². The van der Waals surface area contributed by atoms with E-state index in [0.29, 0.717) is 18.1 Å². The predicted octanol–water partition coefficient (Wildman–Crippen LogP) is 1.07. The highest BCUT2D eigenvalue weighted by atomic mass is 16.5. The Morgan fingerprint density at radius 3 is 2.67 bits per heavy atom. The number of carboxylic acids is 1. The molecule has 5 nitrogen and oxygen atoms in total. The van der Waals surface area contributed by atoms with Crippen LogP contribution in [0.2, 0.25) is 0 Å². The summed E-state index contributed by atoms with van der Waals surface area (Å²) >= 11 is 0. The first kappa shape index (κ1) is 11.7. The molecule has 0 saturated carbocycles. The first-order valence-electron chi connectivity index (χ1n) is 4.49. The summed E-state index contributed by atoms with van der Waals surface area (Å²) in [6.07, 6.45) is -0.651. The van der Waals surface area contributed by atoms with Gasteiger partial charge in [-0.05, 0) is 12.1 Å². The van der Waals surface area contributed by atoms with Gasteiger partial charge in [-0.25, -0.2) is 4.79 Å². The van der Waals surface area contributed by atoms with Crippen LogP contribution in [0.4, 0.5) is 0 Å². The molecule has 0 amide bonds. The number of aliphatic carboxylic acids is 1. The number of carbonyl (C=O) groups is 1. The number of rotatable bonds is 6. The van der Waals surface area contributed by atoms with Gasteiger partial charge in [-0.1, -0.05) is 0 Å². The van der Waals surface area contributed by atoms with E-state index in [1.54, 1.807) is 19.2 Å². The van der Waals surface area contributed by atoms with E-state index in [4.69, 9.17) is 19.0 Å². The summed E-state index contributed by atoms with van der Waals surface area (Å²) in [4.78, 5) is 10.7. The minimum absolute atomic E-state index is 0.218. The van der Waals surface area contributed by atoms with Crippen LogP contribution in [0.25, 0.3) is 0 Å². The third-order valence-electron chi connectivity index (χ3n) is 1.95. The molecule has 0 bridgehead atoms. The predicted molar refractivity (Wildman–Crippen MR) is 51.6 cm³/mol. The first-order valence-corrected chi connectivity index (χ1v) is 4.49. The summed E-state index contributed by atoms with van der Waals surface area (Å²) in [5.74, 6) is 0.256. The van der Waals surface area contributed by atoms with Crippen LogP contribution in [0.5, 0.6) is 0 Å². The average Bonchev–Trinajstić information content (AvgIpc) is 2.62. The van der Waals surface area contributed by atoms with Gasteiger partial charge in [0.2, 0.25) is 0 Å². The topological polar surface area (TPSA) is 68.9 Å². The molecule has 0 aliphatic heterocycles. The van der Waals surface area contributed by atoms with Crippen molar-refractivity contribution < 1.29 is 23.8 Å². The third kappa shape index (κ3) is 3.38. The Balaban J connectivity index is 2.59. The molecule has 0 radical (unpaired) electrons. The molecule has 0 aromatic carbocycles. The van der Waals surface area contributed by atoms with Crippen LogP contribution in [0.15, 0.2) is 16.5 Å². The number of hydrogen-bond acceptors (Lipinski definition) is 4. The fraction of sp³-hybridized carbons (Fsp3) is 0.500.